The molecule has 1 N–H and O–H groups in total. The molecular weight excluding hydrogens is 432 g/mol. The maximum atomic E-state index is 12.3. The number of carbonyl (C=O) groups excluding carboxylic acids is 1. The summed E-state index contributed by atoms with van der Waals surface area (Å²) in [6.45, 7) is 2.30. The van der Waals surface area contributed by atoms with E-state index in [1.54, 1.807) is 0 Å². The molecule has 1 heterocycles. The summed E-state index contributed by atoms with van der Waals surface area (Å²) in [6, 6.07) is 7.50. The van der Waals surface area contributed by atoms with Gasteiger partial charge < -0.3 is 24.1 Å². The third-order valence-electron chi connectivity index (χ3n) is 4.61. The maximum Gasteiger partial charge on any atom is 0.262 e. The molecule has 1 aromatic carbocycles. The van der Waals surface area contributed by atoms with Crippen LogP contribution in [0, 0.1) is 11.3 Å². The number of oxazole rings is 1. The number of nitrogens with one attached hydrogen (secondary N) is 1. The Labute approximate surface area is 194 Å². The van der Waals surface area contributed by atoms with Crippen molar-refractivity contribution in [1.82, 2.24) is 10.3 Å². The third kappa shape index (κ3) is 8.87. The number of benzene rings is 1. The second-order valence-corrected chi connectivity index (χ2v) is 7.73. The molecule has 0 radical (unpaired) electrons. The van der Waals surface area contributed by atoms with Gasteiger partial charge in [-0.3, -0.25) is 4.79 Å². The van der Waals surface area contributed by atoms with E-state index in [1.165, 1.54) is 6.08 Å². The van der Waals surface area contributed by atoms with E-state index in [4.69, 9.17) is 25.5 Å². The van der Waals surface area contributed by atoms with Crippen LogP contribution in [0.5, 0.6) is 0 Å². The minimum atomic E-state index is -0.500. The van der Waals surface area contributed by atoms with Crippen LogP contribution in [0.4, 0.5) is 5.69 Å². The van der Waals surface area contributed by atoms with E-state index in [1.807, 2.05) is 43.3 Å². The van der Waals surface area contributed by atoms with E-state index >= 15 is 0 Å². The largest absolute Gasteiger partial charge is 0.437 e. The molecule has 9 heteroatoms. The molecule has 32 heavy (non-hydrogen) atoms. The number of alkyl halides is 1. The van der Waals surface area contributed by atoms with Gasteiger partial charge in [0.15, 0.2) is 5.58 Å². The zero-order valence-corrected chi connectivity index (χ0v) is 19.5. The molecule has 174 valence electrons. The Morgan fingerprint density at radius 2 is 1.94 bits per heavy atom. The van der Waals surface area contributed by atoms with Crippen molar-refractivity contribution in [3.05, 3.63) is 29.7 Å². The number of aromatic nitrogens is 1. The van der Waals surface area contributed by atoms with Crippen LogP contribution in [-0.4, -0.2) is 63.8 Å². The molecule has 1 aromatic heterocycles. The standard InChI is InChI=1S/C23H31ClN4O4/c1-28(2)19-7-8-20-21(16-19)32-22(27-20)15-18(17-25)23(29)26-10-12-31-14-13-30-11-6-4-3-5-9-24/h7-8,15-16H,3-6,9-14H2,1-2H3,(H,26,29)/b18-15+. The Balaban J connectivity index is 1.69. The quantitative estimate of drug-likeness (QED) is 0.186. The number of unbranched alkanes of at least 4 members (excludes halogenated alkanes) is 3. The number of halogens is 1. The average Bonchev–Trinajstić information content (AvgIpc) is 3.19. The predicted octanol–water partition coefficient (Wildman–Crippen LogP) is 3.75. The van der Waals surface area contributed by atoms with Gasteiger partial charge in [-0.15, -0.1) is 11.6 Å². The second-order valence-electron chi connectivity index (χ2n) is 7.35. The summed E-state index contributed by atoms with van der Waals surface area (Å²) in [5.41, 5.74) is 2.13. The van der Waals surface area contributed by atoms with E-state index in [2.05, 4.69) is 10.3 Å². The maximum absolute atomic E-state index is 12.3. The SMILES string of the molecule is CN(C)c1ccc2nc(/C=C(\C#N)C(=O)NCCOCCOCCCCCCCl)oc2c1. The molecule has 8 nitrogen and oxygen atoms in total. The fourth-order valence-electron chi connectivity index (χ4n) is 2.85. The van der Waals surface area contributed by atoms with Crippen molar-refractivity contribution in [2.24, 2.45) is 0 Å². The predicted molar refractivity (Wildman–Crippen MR) is 126 cm³/mol. The van der Waals surface area contributed by atoms with Crippen LogP contribution >= 0.6 is 11.6 Å². The summed E-state index contributed by atoms with van der Waals surface area (Å²) in [6.07, 6.45) is 5.66. The Morgan fingerprint density at radius 1 is 1.19 bits per heavy atom. The average molecular weight is 463 g/mol. The summed E-state index contributed by atoms with van der Waals surface area (Å²) >= 11 is 5.63. The van der Waals surface area contributed by atoms with Crippen LogP contribution in [-0.2, 0) is 14.3 Å². The number of hydrogen-bond donors (Lipinski definition) is 1. The molecule has 0 saturated carbocycles. The Kier molecular flexibility index (Phi) is 11.6. The van der Waals surface area contributed by atoms with Crippen molar-refractivity contribution in [3.8, 4) is 6.07 Å². The summed E-state index contributed by atoms with van der Waals surface area (Å²) in [5.74, 6) is 0.421. The molecule has 1 amide bonds. The van der Waals surface area contributed by atoms with Crippen molar-refractivity contribution in [1.29, 1.82) is 5.26 Å². The molecule has 0 atom stereocenters. The molecule has 0 saturated heterocycles. The topological polar surface area (TPSA) is 101 Å². The molecule has 0 aliphatic rings. The number of ether oxygens (including phenoxy) is 2. The molecule has 2 aromatic rings. The van der Waals surface area contributed by atoms with Gasteiger partial charge >= 0.3 is 0 Å². The highest BCUT2D eigenvalue weighted by molar-refractivity contribution is 6.17. The van der Waals surface area contributed by atoms with E-state index in [0.717, 1.165) is 31.4 Å². The van der Waals surface area contributed by atoms with Crippen LogP contribution < -0.4 is 10.2 Å². The van der Waals surface area contributed by atoms with E-state index in [-0.39, 0.29) is 18.0 Å². The van der Waals surface area contributed by atoms with Gasteiger partial charge in [0.05, 0.1) is 19.8 Å². The molecule has 2 rings (SSSR count). The van der Waals surface area contributed by atoms with E-state index in [9.17, 15) is 10.1 Å². The lowest BCUT2D eigenvalue weighted by Crippen LogP contribution is -2.28. The lowest BCUT2D eigenvalue weighted by Gasteiger charge is -2.10. The summed E-state index contributed by atoms with van der Waals surface area (Å²) < 4.78 is 16.6. The molecule has 0 aliphatic carbocycles. The monoisotopic (exact) mass is 462 g/mol. The zero-order valence-electron chi connectivity index (χ0n) is 18.7. The van der Waals surface area contributed by atoms with Crippen LogP contribution in [0.25, 0.3) is 17.2 Å². The lowest BCUT2D eigenvalue weighted by molar-refractivity contribution is -0.117. The van der Waals surface area contributed by atoms with E-state index < -0.39 is 5.91 Å². The fourth-order valence-corrected chi connectivity index (χ4v) is 3.04. The van der Waals surface area contributed by atoms with Gasteiger partial charge in [0, 0.05) is 51.0 Å². The molecular formula is C23H31ClN4O4. The van der Waals surface area contributed by atoms with Crippen molar-refractivity contribution < 1.29 is 18.7 Å². The Morgan fingerprint density at radius 3 is 2.66 bits per heavy atom. The first-order valence-electron chi connectivity index (χ1n) is 10.7. The number of amides is 1. The van der Waals surface area contributed by atoms with Crippen molar-refractivity contribution >= 4 is 40.4 Å². The van der Waals surface area contributed by atoms with Gasteiger partial charge in [-0.1, -0.05) is 12.8 Å². The second kappa shape index (κ2) is 14.5. The summed E-state index contributed by atoms with van der Waals surface area (Å²) in [5, 5.41) is 12.0. The van der Waals surface area contributed by atoms with Crippen molar-refractivity contribution in [2.75, 3.05) is 57.8 Å². The highest BCUT2D eigenvalue weighted by Crippen LogP contribution is 2.22. The third-order valence-corrected chi connectivity index (χ3v) is 4.88. The highest BCUT2D eigenvalue weighted by Gasteiger charge is 2.12. The lowest BCUT2D eigenvalue weighted by atomic mass is 10.2. The van der Waals surface area contributed by atoms with Gasteiger partial charge in [0.2, 0.25) is 5.89 Å². The highest BCUT2D eigenvalue weighted by atomic mass is 35.5. The van der Waals surface area contributed by atoms with Crippen molar-refractivity contribution in [2.45, 2.75) is 25.7 Å². The minimum Gasteiger partial charge on any atom is -0.437 e. The first kappa shape index (κ1) is 25.7. The molecule has 0 bridgehead atoms. The van der Waals surface area contributed by atoms with Gasteiger partial charge in [-0.2, -0.15) is 5.26 Å². The van der Waals surface area contributed by atoms with Gasteiger partial charge in [0.25, 0.3) is 5.91 Å². The normalized spacial score (nSPS) is 11.5. The van der Waals surface area contributed by atoms with Crippen LogP contribution in [0.15, 0.2) is 28.2 Å². The van der Waals surface area contributed by atoms with Gasteiger partial charge in [-0.05, 0) is 25.0 Å². The smallest absolute Gasteiger partial charge is 0.262 e. The zero-order chi connectivity index (χ0) is 23.2. The Bertz CT molecular complexity index is 920. The number of rotatable bonds is 15. The number of carbonyl (C=O) groups is 1. The molecule has 0 aliphatic heterocycles. The number of hydrogen-bond acceptors (Lipinski definition) is 7. The molecule has 0 spiro atoms. The van der Waals surface area contributed by atoms with Crippen molar-refractivity contribution in [3.63, 3.8) is 0 Å². The minimum absolute atomic E-state index is 0.0816. The number of fused-ring (bicyclic) bond motifs is 1. The number of nitrogens with zero attached hydrogens (tertiary/aromatic N) is 3. The Hall–Kier alpha value is -2.60. The van der Waals surface area contributed by atoms with E-state index in [0.29, 0.717) is 43.4 Å². The van der Waals surface area contributed by atoms with Crippen LogP contribution in [0.1, 0.15) is 31.6 Å². The number of anilines is 1. The summed E-state index contributed by atoms with van der Waals surface area (Å²) in [4.78, 5) is 18.5. The first-order valence-corrected chi connectivity index (χ1v) is 11.3. The fraction of sp³-hybridized carbons (Fsp3) is 0.522. The van der Waals surface area contributed by atoms with Gasteiger partial charge in [-0.25, -0.2) is 4.98 Å². The summed E-state index contributed by atoms with van der Waals surface area (Å²) in [7, 11) is 3.86. The molecule has 0 fully saturated rings. The molecule has 0 unspecified atom stereocenters. The first-order chi connectivity index (χ1) is 15.5. The number of nitriles is 1. The van der Waals surface area contributed by atoms with Crippen LogP contribution in [0.3, 0.4) is 0 Å². The van der Waals surface area contributed by atoms with Crippen LogP contribution in [0.2, 0.25) is 0 Å². The van der Waals surface area contributed by atoms with Gasteiger partial charge in [0.1, 0.15) is 17.2 Å².